The van der Waals surface area contributed by atoms with Crippen molar-refractivity contribution in [3.8, 4) is 11.1 Å². The standard InChI is InChI=1S/C16H10F2/c17-15-10-4-9-14(16(15)18)13-8-3-6-11-5-1-2-7-12(11)13/h1-10H. The minimum atomic E-state index is -0.819. The molecule has 0 aliphatic carbocycles. The number of hydrogen-bond acceptors (Lipinski definition) is 0. The molecular weight excluding hydrogens is 230 g/mol. The van der Waals surface area contributed by atoms with Gasteiger partial charge in [-0.2, -0.15) is 0 Å². The molecule has 3 aromatic rings. The molecule has 0 N–H and O–H groups in total. The van der Waals surface area contributed by atoms with Crippen molar-refractivity contribution in [2.24, 2.45) is 0 Å². The van der Waals surface area contributed by atoms with Gasteiger partial charge < -0.3 is 0 Å². The summed E-state index contributed by atoms with van der Waals surface area (Å²) >= 11 is 0. The fourth-order valence-electron chi connectivity index (χ4n) is 2.17. The lowest BCUT2D eigenvalue weighted by Gasteiger charge is -2.08. The van der Waals surface area contributed by atoms with Crippen LogP contribution in [0.5, 0.6) is 0 Å². The molecule has 0 radical (unpaired) electrons. The van der Waals surface area contributed by atoms with Crippen LogP contribution in [0.25, 0.3) is 21.9 Å². The van der Waals surface area contributed by atoms with Crippen molar-refractivity contribution in [1.29, 1.82) is 0 Å². The average Bonchev–Trinajstić information content (AvgIpc) is 2.41. The number of hydrogen-bond donors (Lipinski definition) is 0. The zero-order chi connectivity index (χ0) is 12.5. The molecule has 3 aromatic carbocycles. The second-order valence-corrected chi connectivity index (χ2v) is 4.13. The highest BCUT2D eigenvalue weighted by Gasteiger charge is 2.11. The van der Waals surface area contributed by atoms with Gasteiger partial charge in [0.15, 0.2) is 11.6 Å². The quantitative estimate of drug-likeness (QED) is 0.574. The molecule has 0 saturated heterocycles. The van der Waals surface area contributed by atoms with E-state index in [1.165, 1.54) is 6.07 Å². The summed E-state index contributed by atoms with van der Waals surface area (Å²) < 4.78 is 27.1. The highest BCUT2D eigenvalue weighted by Crippen LogP contribution is 2.30. The Hall–Kier alpha value is -2.22. The van der Waals surface area contributed by atoms with Crippen LogP contribution in [0.1, 0.15) is 0 Å². The van der Waals surface area contributed by atoms with Gasteiger partial charge in [-0.3, -0.25) is 0 Å². The molecule has 88 valence electrons. The summed E-state index contributed by atoms with van der Waals surface area (Å²) in [4.78, 5) is 0. The Morgan fingerprint density at radius 1 is 0.611 bits per heavy atom. The third kappa shape index (κ3) is 1.66. The van der Waals surface area contributed by atoms with E-state index in [0.717, 1.165) is 16.8 Å². The maximum Gasteiger partial charge on any atom is 0.166 e. The van der Waals surface area contributed by atoms with E-state index in [4.69, 9.17) is 0 Å². The van der Waals surface area contributed by atoms with Crippen LogP contribution in [0.4, 0.5) is 8.78 Å². The van der Waals surface area contributed by atoms with E-state index in [0.29, 0.717) is 11.1 Å². The summed E-state index contributed by atoms with van der Waals surface area (Å²) in [6.45, 7) is 0. The molecule has 0 unspecified atom stereocenters. The van der Waals surface area contributed by atoms with E-state index in [1.54, 1.807) is 12.1 Å². The van der Waals surface area contributed by atoms with Crippen molar-refractivity contribution in [1.82, 2.24) is 0 Å². The Bertz CT molecular complexity index is 712. The van der Waals surface area contributed by atoms with Crippen LogP contribution in [0, 0.1) is 11.6 Å². The molecule has 0 aliphatic heterocycles. The van der Waals surface area contributed by atoms with Crippen LogP contribution in [-0.2, 0) is 0 Å². The van der Waals surface area contributed by atoms with Gasteiger partial charge in [0.05, 0.1) is 0 Å². The molecule has 2 heteroatoms. The zero-order valence-electron chi connectivity index (χ0n) is 9.53. The van der Waals surface area contributed by atoms with E-state index in [2.05, 4.69) is 0 Å². The molecule has 0 atom stereocenters. The van der Waals surface area contributed by atoms with Crippen LogP contribution in [-0.4, -0.2) is 0 Å². The van der Waals surface area contributed by atoms with Crippen molar-refractivity contribution in [2.45, 2.75) is 0 Å². The number of fused-ring (bicyclic) bond motifs is 1. The minimum Gasteiger partial charge on any atom is -0.204 e. The first-order chi connectivity index (χ1) is 8.77. The topological polar surface area (TPSA) is 0 Å². The Labute approximate surface area is 104 Å². The predicted molar refractivity (Wildman–Crippen MR) is 69.3 cm³/mol. The first kappa shape index (κ1) is 10.9. The third-order valence-electron chi connectivity index (χ3n) is 3.03. The number of rotatable bonds is 1. The molecule has 0 aliphatic rings. The largest absolute Gasteiger partial charge is 0.204 e. The lowest BCUT2D eigenvalue weighted by molar-refractivity contribution is 0.511. The smallest absolute Gasteiger partial charge is 0.166 e. The third-order valence-corrected chi connectivity index (χ3v) is 3.03. The van der Waals surface area contributed by atoms with Crippen LogP contribution < -0.4 is 0 Å². The maximum absolute atomic E-state index is 13.8. The van der Waals surface area contributed by atoms with Crippen LogP contribution in [0.3, 0.4) is 0 Å². The molecule has 0 heterocycles. The molecule has 0 saturated carbocycles. The Morgan fingerprint density at radius 3 is 2.17 bits per heavy atom. The molecule has 0 fully saturated rings. The second kappa shape index (κ2) is 4.22. The molecule has 0 amide bonds. The SMILES string of the molecule is Fc1cccc(-c2cccc3ccccc23)c1F. The molecular formula is C16H10F2. The predicted octanol–water partition coefficient (Wildman–Crippen LogP) is 4.79. The Balaban J connectivity index is 2.35. The van der Waals surface area contributed by atoms with Gasteiger partial charge in [-0.05, 0) is 22.4 Å². The van der Waals surface area contributed by atoms with Gasteiger partial charge in [0.1, 0.15) is 0 Å². The van der Waals surface area contributed by atoms with Gasteiger partial charge in [0.2, 0.25) is 0 Å². The molecule has 0 aromatic heterocycles. The van der Waals surface area contributed by atoms with Gasteiger partial charge in [-0.25, -0.2) is 8.78 Å². The van der Waals surface area contributed by atoms with E-state index in [1.807, 2.05) is 36.4 Å². The van der Waals surface area contributed by atoms with Gasteiger partial charge >= 0.3 is 0 Å². The monoisotopic (exact) mass is 240 g/mol. The van der Waals surface area contributed by atoms with Crippen LogP contribution >= 0.6 is 0 Å². The van der Waals surface area contributed by atoms with Gasteiger partial charge in [0.25, 0.3) is 0 Å². The molecule has 0 nitrogen and oxygen atoms in total. The molecule has 3 rings (SSSR count). The fraction of sp³-hybridized carbons (Fsp3) is 0. The summed E-state index contributed by atoms with van der Waals surface area (Å²) in [6, 6.07) is 17.5. The molecule has 0 spiro atoms. The van der Waals surface area contributed by atoms with Crippen molar-refractivity contribution in [3.05, 3.63) is 72.3 Å². The summed E-state index contributed by atoms with van der Waals surface area (Å²) in [6.07, 6.45) is 0. The first-order valence-electron chi connectivity index (χ1n) is 5.69. The summed E-state index contributed by atoms with van der Waals surface area (Å²) in [5.41, 5.74) is 1.01. The summed E-state index contributed by atoms with van der Waals surface area (Å²) in [5.74, 6) is -1.62. The lowest BCUT2D eigenvalue weighted by Crippen LogP contribution is -1.89. The van der Waals surface area contributed by atoms with Crippen molar-refractivity contribution in [3.63, 3.8) is 0 Å². The lowest BCUT2D eigenvalue weighted by atomic mass is 9.98. The highest BCUT2D eigenvalue weighted by atomic mass is 19.2. The van der Waals surface area contributed by atoms with E-state index in [-0.39, 0.29) is 0 Å². The Kier molecular flexibility index (Phi) is 2.56. The number of halogens is 2. The normalized spacial score (nSPS) is 10.8. The average molecular weight is 240 g/mol. The van der Waals surface area contributed by atoms with Crippen LogP contribution in [0.15, 0.2) is 60.7 Å². The second-order valence-electron chi connectivity index (χ2n) is 4.13. The van der Waals surface area contributed by atoms with Gasteiger partial charge in [-0.1, -0.05) is 54.6 Å². The van der Waals surface area contributed by atoms with E-state index >= 15 is 0 Å². The van der Waals surface area contributed by atoms with Gasteiger partial charge in [0, 0.05) is 5.56 Å². The first-order valence-corrected chi connectivity index (χ1v) is 5.69. The Morgan fingerprint density at radius 2 is 1.28 bits per heavy atom. The summed E-state index contributed by atoms with van der Waals surface area (Å²) in [5, 5.41) is 1.93. The van der Waals surface area contributed by atoms with Gasteiger partial charge in [-0.15, -0.1) is 0 Å². The fourth-order valence-corrected chi connectivity index (χ4v) is 2.17. The maximum atomic E-state index is 13.8. The van der Waals surface area contributed by atoms with Crippen LogP contribution in [0.2, 0.25) is 0 Å². The highest BCUT2D eigenvalue weighted by molar-refractivity contribution is 5.96. The van der Waals surface area contributed by atoms with E-state index in [9.17, 15) is 8.78 Å². The van der Waals surface area contributed by atoms with Crippen molar-refractivity contribution < 1.29 is 8.78 Å². The summed E-state index contributed by atoms with van der Waals surface area (Å²) in [7, 11) is 0. The van der Waals surface area contributed by atoms with E-state index < -0.39 is 11.6 Å². The minimum absolute atomic E-state index is 0.298. The number of benzene rings is 3. The van der Waals surface area contributed by atoms with Crippen molar-refractivity contribution >= 4 is 10.8 Å². The molecule has 18 heavy (non-hydrogen) atoms. The zero-order valence-corrected chi connectivity index (χ0v) is 9.53. The van der Waals surface area contributed by atoms with Crippen molar-refractivity contribution in [2.75, 3.05) is 0 Å². The molecule has 0 bridgehead atoms.